The van der Waals surface area contributed by atoms with Crippen LogP contribution in [-0.2, 0) is 18.9 Å². The zero-order valence-corrected chi connectivity index (χ0v) is 11.2. The van der Waals surface area contributed by atoms with E-state index in [1.807, 2.05) is 48.1 Å². The van der Waals surface area contributed by atoms with Gasteiger partial charge >= 0.3 is 0 Å². The minimum absolute atomic E-state index is 0.0641. The van der Waals surface area contributed by atoms with E-state index < -0.39 is 5.41 Å². The predicted octanol–water partition coefficient (Wildman–Crippen LogP) is 1.28. The minimum Gasteiger partial charge on any atom is -0.395 e. The molecule has 2 N–H and O–H groups in total. The number of hydrogen-bond donors (Lipinski definition) is 2. The molecule has 2 rings (SSSR count). The predicted molar refractivity (Wildman–Crippen MR) is 73.8 cm³/mol. The van der Waals surface area contributed by atoms with Crippen molar-refractivity contribution in [3.05, 3.63) is 53.9 Å². The van der Waals surface area contributed by atoms with Gasteiger partial charge in [0.1, 0.15) is 0 Å². The summed E-state index contributed by atoms with van der Waals surface area (Å²) in [6.45, 7) is -0.128. The van der Waals surface area contributed by atoms with Gasteiger partial charge in [-0.3, -0.25) is 4.68 Å². The molecule has 0 spiro atoms. The van der Waals surface area contributed by atoms with Gasteiger partial charge in [-0.25, -0.2) is 0 Å². The van der Waals surface area contributed by atoms with E-state index in [1.165, 1.54) is 0 Å². The van der Waals surface area contributed by atoms with E-state index in [-0.39, 0.29) is 13.2 Å². The largest absolute Gasteiger partial charge is 0.395 e. The highest BCUT2D eigenvalue weighted by molar-refractivity contribution is 5.26. The smallest absolute Gasteiger partial charge is 0.0550 e. The standard InChI is InChI=1S/C15H20N2O2/c1-17-14(8-10-16-17)7-9-15(11-18,12-19)13-5-3-2-4-6-13/h2-6,8,10,18-19H,7,9,11-12H2,1H3. The Labute approximate surface area is 113 Å². The quantitative estimate of drug-likeness (QED) is 0.822. The van der Waals surface area contributed by atoms with Crippen molar-refractivity contribution in [1.29, 1.82) is 0 Å². The lowest BCUT2D eigenvalue weighted by Gasteiger charge is -2.30. The van der Waals surface area contributed by atoms with Crippen LogP contribution in [-0.4, -0.2) is 33.2 Å². The molecule has 1 heterocycles. The highest BCUT2D eigenvalue weighted by Crippen LogP contribution is 2.28. The van der Waals surface area contributed by atoms with E-state index in [9.17, 15) is 10.2 Å². The molecular formula is C15H20N2O2. The summed E-state index contributed by atoms with van der Waals surface area (Å²) in [6, 6.07) is 11.7. The molecule has 4 heteroatoms. The number of aliphatic hydroxyl groups is 2. The van der Waals surface area contributed by atoms with Gasteiger partial charge < -0.3 is 10.2 Å². The maximum absolute atomic E-state index is 9.75. The first-order valence-electron chi connectivity index (χ1n) is 6.46. The SMILES string of the molecule is Cn1nccc1CCC(CO)(CO)c1ccccc1. The first-order valence-corrected chi connectivity index (χ1v) is 6.46. The fourth-order valence-corrected chi connectivity index (χ4v) is 2.34. The maximum atomic E-state index is 9.75. The Kier molecular flexibility index (Phi) is 4.35. The Morgan fingerprint density at radius 3 is 2.32 bits per heavy atom. The average Bonchev–Trinajstić information content (AvgIpc) is 2.87. The molecule has 102 valence electrons. The van der Waals surface area contributed by atoms with E-state index in [2.05, 4.69) is 5.10 Å². The molecule has 0 aliphatic carbocycles. The molecule has 1 aromatic heterocycles. The summed E-state index contributed by atoms with van der Waals surface area (Å²) in [4.78, 5) is 0. The molecule has 0 unspecified atom stereocenters. The van der Waals surface area contributed by atoms with Gasteiger partial charge in [0.15, 0.2) is 0 Å². The summed E-state index contributed by atoms with van der Waals surface area (Å²) in [6.07, 6.45) is 3.22. The molecule has 0 saturated carbocycles. The Morgan fingerprint density at radius 2 is 1.79 bits per heavy atom. The number of benzene rings is 1. The summed E-state index contributed by atoms with van der Waals surface area (Å²) in [5, 5.41) is 23.6. The van der Waals surface area contributed by atoms with Crippen LogP contribution in [0.1, 0.15) is 17.7 Å². The number of nitrogens with zero attached hydrogens (tertiary/aromatic N) is 2. The first-order chi connectivity index (χ1) is 9.22. The van der Waals surface area contributed by atoms with Crippen molar-refractivity contribution in [2.75, 3.05) is 13.2 Å². The fourth-order valence-electron chi connectivity index (χ4n) is 2.34. The third kappa shape index (κ3) is 2.85. The van der Waals surface area contributed by atoms with Gasteiger partial charge in [0, 0.05) is 24.4 Å². The van der Waals surface area contributed by atoms with E-state index >= 15 is 0 Å². The second-order valence-corrected chi connectivity index (χ2v) is 4.91. The molecule has 0 atom stereocenters. The lowest BCUT2D eigenvalue weighted by molar-refractivity contribution is 0.109. The van der Waals surface area contributed by atoms with Crippen LogP contribution in [0.5, 0.6) is 0 Å². The summed E-state index contributed by atoms with van der Waals surface area (Å²) in [5.74, 6) is 0. The van der Waals surface area contributed by atoms with Crippen LogP contribution in [0.15, 0.2) is 42.6 Å². The summed E-state index contributed by atoms with van der Waals surface area (Å²) < 4.78 is 1.82. The molecule has 2 aromatic rings. The molecule has 0 amide bonds. The van der Waals surface area contributed by atoms with Gasteiger partial charge in [0.05, 0.1) is 13.2 Å². The van der Waals surface area contributed by atoms with Crippen molar-refractivity contribution in [3.63, 3.8) is 0 Å². The van der Waals surface area contributed by atoms with Crippen molar-refractivity contribution in [1.82, 2.24) is 9.78 Å². The van der Waals surface area contributed by atoms with E-state index in [0.717, 1.165) is 17.7 Å². The van der Waals surface area contributed by atoms with Crippen LogP contribution in [0.4, 0.5) is 0 Å². The maximum Gasteiger partial charge on any atom is 0.0550 e. The van der Waals surface area contributed by atoms with Gasteiger partial charge in [-0.15, -0.1) is 0 Å². The molecule has 0 fully saturated rings. The lowest BCUT2D eigenvalue weighted by atomic mass is 9.77. The van der Waals surface area contributed by atoms with Gasteiger partial charge in [-0.2, -0.15) is 5.10 Å². The van der Waals surface area contributed by atoms with Gasteiger partial charge in [-0.1, -0.05) is 30.3 Å². The number of aryl methyl sites for hydroxylation is 2. The van der Waals surface area contributed by atoms with Crippen LogP contribution < -0.4 is 0 Å². The molecule has 0 aliphatic rings. The van der Waals surface area contributed by atoms with Crippen molar-refractivity contribution in [2.45, 2.75) is 18.3 Å². The Hall–Kier alpha value is -1.65. The number of hydrogen-bond acceptors (Lipinski definition) is 3. The minimum atomic E-state index is -0.592. The van der Waals surface area contributed by atoms with E-state index in [1.54, 1.807) is 6.20 Å². The Bertz CT molecular complexity index is 504. The third-order valence-corrected chi connectivity index (χ3v) is 3.77. The zero-order chi connectivity index (χ0) is 13.7. The monoisotopic (exact) mass is 260 g/mol. The molecule has 4 nitrogen and oxygen atoms in total. The molecule has 1 aromatic carbocycles. The summed E-state index contributed by atoms with van der Waals surface area (Å²) in [5.41, 5.74) is 1.48. The summed E-state index contributed by atoms with van der Waals surface area (Å²) >= 11 is 0. The van der Waals surface area contributed by atoms with Crippen LogP contribution in [0.25, 0.3) is 0 Å². The van der Waals surface area contributed by atoms with Crippen LogP contribution in [0, 0.1) is 0 Å². The Balaban J connectivity index is 2.18. The molecule has 0 saturated heterocycles. The van der Waals surface area contributed by atoms with Crippen LogP contribution in [0.2, 0.25) is 0 Å². The first kappa shape index (κ1) is 13.8. The van der Waals surface area contributed by atoms with E-state index in [4.69, 9.17) is 0 Å². The molecule has 19 heavy (non-hydrogen) atoms. The van der Waals surface area contributed by atoms with Gasteiger partial charge in [-0.05, 0) is 24.5 Å². The number of rotatable bonds is 6. The van der Waals surface area contributed by atoms with Crippen LogP contribution >= 0.6 is 0 Å². The van der Waals surface area contributed by atoms with Crippen molar-refractivity contribution in [2.24, 2.45) is 7.05 Å². The highest BCUT2D eigenvalue weighted by Gasteiger charge is 2.30. The lowest BCUT2D eigenvalue weighted by Crippen LogP contribution is -2.35. The molecule has 0 radical (unpaired) electrons. The molecule has 0 aliphatic heterocycles. The zero-order valence-electron chi connectivity index (χ0n) is 11.2. The fraction of sp³-hybridized carbons (Fsp3) is 0.400. The van der Waals surface area contributed by atoms with Crippen LogP contribution in [0.3, 0.4) is 0 Å². The normalized spacial score (nSPS) is 11.7. The van der Waals surface area contributed by atoms with E-state index in [0.29, 0.717) is 6.42 Å². The van der Waals surface area contributed by atoms with Crippen molar-refractivity contribution in [3.8, 4) is 0 Å². The second-order valence-electron chi connectivity index (χ2n) is 4.91. The van der Waals surface area contributed by atoms with Gasteiger partial charge in [0.25, 0.3) is 0 Å². The average molecular weight is 260 g/mol. The topological polar surface area (TPSA) is 58.3 Å². The number of aromatic nitrogens is 2. The van der Waals surface area contributed by atoms with Crippen molar-refractivity contribution >= 4 is 0 Å². The van der Waals surface area contributed by atoms with Crippen molar-refractivity contribution < 1.29 is 10.2 Å². The third-order valence-electron chi connectivity index (χ3n) is 3.77. The molecule has 0 bridgehead atoms. The second kappa shape index (κ2) is 5.99. The highest BCUT2D eigenvalue weighted by atomic mass is 16.3. The number of aliphatic hydroxyl groups excluding tert-OH is 2. The molecular weight excluding hydrogens is 240 g/mol. The van der Waals surface area contributed by atoms with Gasteiger partial charge in [0.2, 0.25) is 0 Å². The summed E-state index contributed by atoms with van der Waals surface area (Å²) in [7, 11) is 1.90. The Morgan fingerprint density at radius 1 is 1.11 bits per heavy atom.